The Hall–Kier alpha value is -0.604. The normalized spacial score (nSPS) is 12.7. The Kier molecular flexibility index (Phi) is 10.9. The first kappa shape index (κ1) is 14.9. The van der Waals surface area contributed by atoms with Gasteiger partial charge in [0.15, 0.2) is 0 Å². The molecule has 0 saturated carbocycles. The largest absolute Gasteiger partial charge is 2.00 e. The fourth-order valence-electron chi connectivity index (χ4n) is 1.23. The van der Waals surface area contributed by atoms with Crippen molar-refractivity contribution in [3.8, 4) is 0 Å². The van der Waals surface area contributed by atoms with Crippen molar-refractivity contribution < 1.29 is 24.6 Å². The molecule has 1 aliphatic rings. The topological polar surface area (TPSA) is 17.1 Å². The van der Waals surface area contributed by atoms with Gasteiger partial charge < -0.3 is 4.79 Å². The van der Waals surface area contributed by atoms with E-state index in [4.69, 9.17) is 4.79 Å². The zero-order valence-electron chi connectivity index (χ0n) is 7.77. The minimum atomic E-state index is 0. The molecular formula is C11H14OOs. The maximum Gasteiger partial charge on any atom is 2.00 e. The summed E-state index contributed by atoms with van der Waals surface area (Å²) in [6, 6.07) is 0. The van der Waals surface area contributed by atoms with Crippen molar-refractivity contribution in [1.29, 1.82) is 0 Å². The number of rotatable bonds is 3. The van der Waals surface area contributed by atoms with Crippen molar-refractivity contribution in [2.75, 3.05) is 0 Å². The third-order valence-electron chi connectivity index (χ3n) is 1.77. The van der Waals surface area contributed by atoms with E-state index in [9.17, 15) is 0 Å². The zero-order valence-corrected chi connectivity index (χ0v) is 10.3. The summed E-state index contributed by atoms with van der Waals surface area (Å²) >= 11 is 0. The van der Waals surface area contributed by atoms with Crippen LogP contribution in [0.15, 0.2) is 36.0 Å². The van der Waals surface area contributed by atoms with Crippen LogP contribution in [0.1, 0.15) is 19.8 Å². The van der Waals surface area contributed by atoms with Crippen LogP contribution in [0.5, 0.6) is 0 Å². The van der Waals surface area contributed by atoms with E-state index in [0.29, 0.717) is 0 Å². The second-order valence-corrected chi connectivity index (χ2v) is 2.41. The van der Waals surface area contributed by atoms with Crippen molar-refractivity contribution in [2.24, 2.45) is 0 Å². The molecule has 1 nitrogen and oxygen atoms in total. The summed E-state index contributed by atoms with van der Waals surface area (Å²) in [6.45, 7) is 9.11. The van der Waals surface area contributed by atoms with Gasteiger partial charge in [0.25, 0.3) is 0 Å². The van der Waals surface area contributed by atoms with Crippen LogP contribution < -0.4 is 0 Å². The molecule has 1 aliphatic carbocycles. The maximum absolute atomic E-state index is 7.75. The van der Waals surface area contributed by atoms with Gasteiger partial charge in [0.1, 0.15) is 0 Å². The van der Waals surface area contributed by atoms with Crippen LogP contribution in [-0.4, -0.2) is 6.79 Å². The molecule has 0 aromatic rings. The first-order chi connectivity index (χ1) is 5.88. The summed E-state index contributed by atoms with van der Waals surface area (Å²) < 4.78 is 0. The molecule has 0 aliphatic heterocycles. The van der Waals surface area contributed by atoms with Crippen LogP contribution in [0.25, 0.3) is 0 Å². The molecule has 72 valence electrons. The summed E-state index contributed by atoms with van der Waals surface area (Å²) in [7, 11) is 0. The molecule has 0 N–H and O–H groups in total. The molecule has 0 fully saturated rings. The number of hydrogen-bond acceptors (Lipinski definition) is 1. The molecule has 0 unspecified atom stereocenters. The van der Waals surface area contributed by atoms with Crippen molar-refractivity contribution in [2.45, 2.75) is 19.8 Å². The van der Waals surface area contributed by atoms with Gasteiger partial charge in [-0.25, -0.2) is 0 Å². The summed E-state index contributed by atoms with van der Waals surface area (Å²) in [5.41, 5.74) is 2.89. The van der Waals surface area contributed by atoms with Crippen molar-refractivity contribution in [3.05, 3.63) is 42.4 Å². The minimum absolute atomic E-state index is 0. The summed E-state index contributed by atoms with van der Waals surface area (Å²) in [5, 5.41) is 0. The summed E-state index contributed by atoms with van der Waals surface area (Å²) in [5.74, 6) is 0. The average molecular weight is 352 g/mol. The van der Waals surface area contributed by atoms with Gasteiger partial charge in [-0.05, 0) is 6.42 Å². The van der Waals surface area contributed by atoms with Crippen molar-refractivity contribution in [3.63, 3.8) is 0 Å². The van der Waals surface area contributed by atoms with Gasteiger partial charge in [-0.15, -0.1) is 17.2 Å². The zero-order chi connectivity index (χ0) is 9.40. The van der Waals surface area contributed by atoms with E-state index in [1.54, 1.807) is 0 Å². The molecule has 1 rings (SSSR count). The Balaban J connectivity index is 0. The Morgan fingerprint density at radius 3 is 2.77 bits per heavy atom. The van der Waals surface area contributed by atoms with Gasteiger partial charge in [0, 0.05) is 0 Å². The molecule has 0 amide bonds. The van der Waals surface area contributed by atoms with Gasteiger partial charge >= 0.3 is 19.8 Å². The summed E-state index contributed by atoms with van der Waals surface area (Å²) in [4.78, 5) is 7.75. The van der Waals surface area contributed by atoms with Gasteiger partial charge in [0.2, 0.25) is 0 Å². The van der Waals surface area contributed by atoms with Crippen molar-refractivity contribution in [1.82, 2.24) is 0 Å². The molecular weight excluding hydrogens is 338 g/mol. The second kappa shape index (κ2) is 9.48. The van der Waals surface area contributed by atoms with E-state index < -0.39 is 0 Å². The van der Waals surface area contributed by atoms with Gasteiger partial charge in [0.05, 0.1) is 0 Å². The third-order valence-corrected chi connectivity index (χ3v) is 1.77. The van der Waals surface area contributed by atoms with E-state index in [0.717, 1.165) is 12.8 Å². The first-order valence-electron chi connectivity index (χ1n) is 3.96. The SMILES string of the molecule is C=C[CH-]C1=C(CC)C=CC1.[CH-]=O.[Os+2]. The van der Waals surface area contributed by atoms with E-state index in [-0.39, 0.29) is 19.8 Å². The third kappa shape index (κ3) is 4.85. The number of carbonyl (C=O) groups excluding carboxylic acids is 1. The number of allylic oxidation sites excluding steroid dienone is 5. The van der Waals surface area contributed by atoms with Crippen LogP contribution in [-0.2, 0) is 24.6 Å². The number of hydrogen-bond donors (Lipinski definition) is 0. The average Bonchev–Trinajstić information content (AvgIpc) is 2.56. The Morgan fingerprint density at radius 1 is 1.69 bits per heavy atom. The van der Waals surface area contributed by atoms with Gasteiger partial charge in [-0.3, -0.25) is 6.79 Å². The second-order valence-electron chi connectivity index (χ2n) is 2.41. The van der Waals surface area contributed by atoms with Gasteiger partial charge in [-0.1, -0.05) is 19.4 Å². The molecule has 0 saturated heterocycles. The molecule has 2 heteroatoms. The molecule has 0 atom stereocenters. The quantitative estimate of drug-likeness (QED) is 0.564. The molecule has 13 heavy (non-hydrogen) atoms. The first-order valence-corrected chi connectivity index (χ1v) is 3.96. The maximum atomic E-state index is 7.75. The Labute approximate surface area is 93.7 Å². The summed E-state index contributed by atoms with van der Waals surface area (Å²) in [6.07, 6.45) is 10.6. The predicted molar refractivity (Wildman–Crippen MR) is 52.3 cm³/mol. The molecule has 0 heterocycles. The monoisotopic (exact) mass is 354 g/mol. The van der Waals surface area contributed by atoms with Gasteiger partial charge in [-0.2, -0.15) is 19.1 Å². The van der Waals surface area contributed by atoms with Crippen LogP contribution >= 0.6 is 0 Å². The van der Waals surface area contributed by atoms with Crippen LogP contribution in [0.4, 0.5) is 0 Å². The fraction of sp³-hybridized carbons (Fsp3) is 0.273. The molecule has 0 bridgehead atoms. The standard InChI is InChI=1S/C10H13.CHO.Os/c1-3-6-10-8-5-7-9(10)4-2;1-2;/h3,5-7H,1,4,8H2,2H3;1H;/q2*-1;+2. The smallest absolute Gasteiger partial charge is 0.545 e. The van der Waals surface area contributed by atoms with Crippen LogP contribution in [0.3, 0.4) is 0 Å². The van der Waals surface area contributed by atoms with Crippen LogP contribution in [0, 0.1) is 6.42 Å². The van der Waals surface area contributed by atoms with Crippen LogP contribution in [0.2, 0.25) is 0 Å². The van der Waals surface area contributed by atoms with E-state index >= 15 is 0 Å². The fourth-order valence-corrected chi connectivity index (χ4v) is 1.23. The van der Waals surface area contributed by atoms with E-state index in [2.05, 4.69) is 38.9 Å². The minimum Gasteiger partial charge on any atom is -0.545 e. The van der Waals surface area contributed by atoms with E-state index in [1.807, 2.05) is 6.08 Å². The van der Waals surface area contributed by atoms with E-state index in [1.165, 1.54) is 11.1 Å². The Morgan fingerprint density at radius 2 is 2.31 bits per heavy atom. The van der Waals surface area contributed by atoms with Crippen molar-refractivity contribution >= 4 is 6.79 Å². The predicted octanol–water partition coefficient (Wildman–Crippen LogP) is 2.77. The molecule has 0 aromatic carbocycles. The molecule has 0 aromatic heterocycles. The molecule has 0 radical (unpaired) electrons. The Bertz CT molecular complexity index is 204. The molecule has 0 spiro atoms.